The van der Waals surface area contributed by atoms with Crippen LogP contribution in [0.2, 0.25) is 0 Å². The Kier molecular flexibility index (Phi) is 6.95. The Bertz CT molecular complexity index is 1440. The van der Waals surface area contributed by atoms with E-state index in [1.807, 2.05) is 0 Å². The lowest BCUT2D eigenvalue weighted by atomic mass is 10.2. The van der Waals surface area contributed by atoms with Gasteiger partial charge in [0.1, 0.15) is 34.3 Å². The maximum absolute atomic E-state index is 13.3. The summed E-state index contributed by atoms with van der Waals surface area (Å²) in [6.07, 6.45) is 1.51. The highest BCUT2D eigenvalue weighted by Crippen LogP contribution is 2.38. The summed E-state index contributed by atoms with van der Waals surface area (Å²) in [5.74, 6) is 1.76. The number of aliphatic hydroxyl groups is 1. The van der Waals surface area contributed by atoms with Gasteiger partial charge in [0.25, 0.3) is 0 Å². The Labute approximate surface area is 208 Å². The second-order valence-electron chi connectivity index (χ2n) is 8.02. The van der Waals surface area contributed by atoms with Crippen molar-refractivity contribution < 1.29 is 27.4 Å². The maximum atomic E-state index is 13.3. The van der Waals surface area contributed by atoms with Crippen LogP contribution in [-0.4, -0.2) is 57.7 Å². The van der Waals surface area contributed by atoms with Crippen LogP contribution in [0.5, 0.6) is 11.5 Å². The number of aryl methyl sites for hydroxylation is 2. The maximum Gasteiger partial charge on any atom is 0.243 e. The van der Waals surface area contributed by atoms with Crippen molar-refractivity contribution in [2.45, 2.75) is 32.1 Å². The molecule has 4 aromatic rings. The summed E-state index contributed by atoms with van der Waals surface area (Å²) in [6, 6.07) is 8.55. The largest absolute Gasteiger partial charge is 0.494 e. The molecule has 0 bridgehead atoms. The van der Waals surface area contributed by atoms with E-state index in [1.54, 1.807) is 44.2 Å². The molecule has 2 N–H and O–H groups in total. The Balaban J connectivity index is 1.81. The lowest BCUT2D eigenvalue weighted by Crippen LogP contribution is -2.32. The minimum atomic E-state index is -4.22. The minimum absolute atomic E-state index is 0.0157. The second-order valence-corrected chi connectivity index (χ2v) is 10.1. The smallest absolute Gasteiger partial charge is 0.243 e. The zero-order chi connectivity index (χ0) is 26.0. The fourth-order valence-corrected chi connectivity index (χ4v) is 4.52. The molecule has 0 saturated heterocycles. The lowest BCUT2D eigenvalue weighted by Gasteiger charge is -2.20. The average Bonchev–Trinajstić information content (AvgIpc) is 3.48. The Morgan fingerprint density at radius 3 is 2.22 bits per heavy atom. The summed E-state index contributed by atoms with van der Waals surface area (Å²) in [7, 11) is -1.27. The molecule has 3 aromatic heterocycles. The van der Waals surface area contributed by atoms with Gasteiger partial charge in [0.05, 0.1) is 14.2 Å². The van der Waals surface area contributed by atoms with Crippen molar-refractivity contribution in [3.05, 3.63) is 59.9 Å². The van der Waals surface area contributed by atoms with Gasteiger partial charge in [-0.15, -0.1) is 10.2 Å². The Morgan fingerprint density at radius 1 is 1.03 bits per heavy atom. The van der Waals surface area contributed by atoms with Gasteiger partial charge < -0.3 is 19.0 Å². The number of para-hydroxylation sites is 1. The van der Waals surface area contributed by atoms with Crippen molar-refractivity contribution in [2.75, 3.05) is 18.9 Å². The third-order valence-electron chi connectivity index (χ3n) is 5.48. The molecule has 0 unspecified atom stereocenters. The number of nitrogens with zero attached hydrogens (tertiary/aromatic N) is 5. The van der Waals surface area contributed by atoms with Crippen molar-refractivity contribution in [3.8, 4) is 28.8 Å². The fourth-order valence-electron chi connectivity index (χ4n) is 3.48. The normalized spacial score (nSPS) is 13.3. The van der Waals surface area contributed by atoms with Crippen LogP contribution in [0.15, 0.2) is 47.1 Å². The van der Waals surface area contributed by atoms with Crippen molar-refractivity contribution in [1.82, 2.24) is 24.7 Å². The van der Waals surface area contributed by atoms with Gasteiger partial charge >= 0.3 is 0 Å². The Morgan fingerprint density at radius 2 is 1.67 bits per heavy atom. The van der Waals surface area contributed by atoms with Crippen molar-refractivity contribution in [1.29, 1.82) is 0 Å². The van der Waals surface area contributed by atoms with E-state index in [4.69, 9.17) is 13.9 Å². The molecule has 3 heterocycles. The number of aromatic nitrogens is 5. The standard InChI is InChI=1S/C23H26N6O6S/c1-13-11-24-21(25-12-13)20(30)15(3)36(31,32)28-23-27-26-22(18-10-9-14(2)35-18)29(23)19-16(33-4)7-6-8-17(19)34-5/h6-12,15,20,30H,1-5H3,(H,27,28)/t15-,20+/m1/s1. The molecule has 0 radical (unpaired) electrons. The number of methoxy groups -OCH3 is 2. The molecule has 0 aliphatic carbocycles. The monoisotopic (exact) mass is 514 g/mol. The third kappa shape index (κ3) is 4.75. The molecule has 190 valence electrons. The number of rotatable bonds is 9. The van der Waals surface area contributed by atoms with E-state index in [-0.39, 0.29) is 17.6 Å². The Hall–Kier alpha value is -3.97. The first-order valence-electron chi connectivity index (χ1n) is 10.9. The summed E-state index contributed by atoms with van der Waals surface area (Å²) in [4.78, 5) is 8.09. The average molecular weight is 515 g/mol. The van der Waals surface area contributed by atoms with Gasteiger partial charge in [-0.2, -0.15) is 0 Å². The van der Waals surface area contributed by atoms with Crippen LogP contribution in [0.3, 0.4) is 0 Å². The molecule has 36 heavy (non-hydrogen) atoms. The predicted molar refractivity (Wildman–Crippen MR) is 131 cm³/mol. The van der Waals surface area contributed by atoms with Crippen molar-refractivity contribution >= 4 is 16.0 Å². The number of anilines is 1. The molecule has 0 fully saturated rings. The second kappa shape index (κ2) is 9.95. The van der Waals surface area contributed by atoms with Crippen LogP contribution in [0.25, 0.3) is 17.3 Å². The highest BCUT2D eigenvalue weighted by Gasteiger charge is 2.34. The molecule has 0 aliphatic heterocycles. The molecular weight excluding hydrogens is 488 g/mol. The van der Waals surface area contributed by atoms with E-state index in [0.717, 1.165) is 5.56 Å². The molecule has 2 atom stereocenters. The number of aliphatic hydroxyl groups excluding tert-OH is 1. The molecule has 0 saturated carbocycles. The first-order valence-corrected chi connectivity index (χ1v) is 12.4. The molecule has 13 heteroatoms. The van der Waals surface area contributed by atoms with Gasteiger partial charge in [-0.1, -0.05) is 6.07 Å². The molecular formula is C23H26N6O6S. The summed E-state index contributed by atoms with van der Waals surface area (Å²) < 4.78 is 47.3. The lowest BCUT2D eigenvalue weighted by molar-refractivity contribution is 0.166. The predicted octanol–water partition coefficient (Wildman–Crippen LogP) is 2.82. The van der Waals surface area contributed by atoms with Crippen LogP contribution in [0.4, 0.5) is 5.95 Å². The van der Waals surface area contributed by atoms with Crippen molar-refractivity contribution in [3.63, 3.8) is 0 Å². The number of hydrogen-bond acceptors (Lipinski definition) is 10. The number of ether oxygens (including phenoxy) is 2. The highest BCUT2D eigenvalue weighted by atomic mass is 32.2. The first kappa shape index (κ1) is 25.1. The van der Waals surface area contributed by atoms with E-state index >= 15 is 0 Å². The summed E-state index contributed by atoms with van der Waals surface area (Å²) in [5.41, 5.74) is 1.13. The van der Waals surface area contributed by atoms with E-state index < -0.39 is 21.4 Å². The van der Waals surface area contributed by atoms with E-state index in [1.165, 1.54) is 38.1 Å². The zero-order valence-electron chi connectivity index (χ0n) is 20.3. The molecule has 0 aliphatic rings. The molecule has 1 aromatic carbocycles. The number of sulfonamides is 1. The van der Waals surface area contributed by atoms with Gasteiger partial charge in [0.15, 0.2) is 11.6 Å². The van der Waals surface area contributed by atoms with Gasteiger partial charge in [0, 0.05) is 12.4 Å². The van der Waals surface area contributed by atoms with Gasteiger partial charge in [0.2, 0.25) is 21.8 Å². The number of benzene rings is 1. The molecule has 4 rings (SSSR count). The van der Waals surface area contributed by atoms with E-state index in [0.29, 0.717) is 28.7 Å². The highest BCUT2D eigenvalue weighted by molar-refractivity contribution is 7.93. The van der Waals surface area contributed by atoms with E-state index in [2.05, 4.69) is 24.9 Å². The minimum Gasteiger partial charge on any atom is -0.494 e. The van der Waals surface area contributed by atoms with Crippen LogP contribution in [0, 0.1) is 13.8 Å². The number of hydrogen-bond donors (Lipinski definition) is 2. The molecule has 12 nitrogen and oxygen atoms in total. The van der Waals surface area contributed by atoms with Crippen LogP contribution in [0.1, 0.15) is 30.2 Å². The number of nitrogens with one attached hydrogen (secondary N) is 1. The van der Waals surface area contributed by atoms with E-state index in [9.17, 15) is 13.5 Å². The van der Waals surface area contributed by atoms with Crippen LogP contribution < -0.4 is 14.2 Å². The quantitative estimate of drug-likeness (QED) is 0.341. The van der Waals surface area contributed by atoms with Crippen molar-refractivity contribution in [2.24, 2.45) is 0 Å². The summed E-state index contributed by atoms with van der Waals surface area (Å²) in [6.45, 7) is 4.90. The van der Waals surface area contributed by atoms with Gasteiger partial charge in [-0.3, -0.25) is 9.29 Å². The van der Waals surface area contributed by atoms with Gasteiger partial charge in [-0.05, 0) is 50.6 Å². The fraction of sp³-hybridized carbons (Fsp3) is 0.304. The first-order chi connectivity index (χ1) is 17.2. The SMILES string of the molecule is COc1cccc(OC)c1-n1c(NS(=O)(=O)[C@H](C)[C@H](O)c2ncc(C)cn2)nnc1-c1ccc(C)o1. The number of furan rings is 1. The zero-order valence-corrected chi connectivity index (χ0v) is 21.1. The molecule has 0 spiro atoms. The van der Waals surface area contributed by atoms with Gasteiger partial charge in [-0.25, -0.2) is 18.4 Å². The van der Waals surface area contributed by atoms with Crippen LogP contribution in [-0.2, 0) is 10.0 Å². The summed E-state index contributed by atoms with van der Waals surface area (Å²) in [5, 5.41) is 17.6. The molecule has 0 amide bonds. The van der Waals surface area contributed by atoms with Crippen LogP contribution >= 0.6 is 0 Å². The third-order valence-corrected chi connectivity index (χ3v) is 7.19. The topological polar surface area (TPSA) is 154 Å². The summed E-state index contributed by atoms with van der Waals surface area (Å²) >= 11 is 0.